The fourth-order valence-corrected chi connectivity index (χ4v) is 2.84. The molecule has 2 heterocycles. The Labute approximate surface area is 125 Å². The quantitative estimate of drug-likeness (QED) is 0.749. The van der Waals surface area contributed by atoms with E-state index in [1.165, 1.54) is 16.4 Å². The number of rotatable bonds is 0. The minimum Gasteiger partial charge on any atom is -0.444 e. The number of hydrogen-bond acceptors (Lipinski definition) is 2. The predicted octanol–water partition coefficient (Wildman–Crippen LogP) is 1.72. The van der Waals surface area contributed by atoms with Crippen molar-refractivity contribution in [1.29, 1.82) is 0 Å². The zero-order valence-electron chi connectivity index (χ0n) is 13.1. The summed E-state index contributed by atoms with van der Waals surface area (Å²) >= 11 is 0. The SMILES string of the molecule is Bc1ccc2c3c([nH]c2c1)CN(C(=O)OC(C)(C)C)CC3. The van der Waals surface area contributed by atoms with Crippen molar-refractivity contribution in [2.75, 3.05) is 6.54 Å². The molecular formula is C16H21BN2O2. The normalized spacial score (nSPS) is 15.1. The van der Waals surface area contributed by atoms with Crippen LogP contribution in [-0.4, -0.2) is 36.0 Å². The summed E-state index contributed by atoms with van der Waals surface area (Å²) in [6.45, 7) is 6.99. The second kappa shape index (κ2) is 4.83. The summed E-state index contributed by atoms with van der Waals surface area (Å²) in [6.07, 6.45) is 0.639. The molecule has 1 N–H and O–H groups in total. The maximum Gasteiger partial charge on any atom is 0.410 e. The molecule has 4 nitrogen and oxygen atoms in total. The molecule has 0 saturated carbocycles. The number of hydrogen-bond donors (Lipinski definition) is 1. The molecule has 0 radical (unpaired) electrons. The van der Waals surface area contributed by atoms with Crippen LogP contribution in [0.3, 0.4) is 0 Å². The summed E-state index contributed by atoms with van der Waals surface area (Å²) in [5, 5.41) is 1.28. The highest BCUT2D eigenvalue weighted by Gasteiger charge is 2.27. The second-order valence-electron chi connectivity index (χ2n) is 6.78. The molecule has 1 aromatic heterocycles. The van der Waals surface area contributed by atoms with Gasteiger partial charge in [-0.1, -0.05) is 17.6 Å². The molecule has 0 atom stereocenters. The number of fused-ring (bicyclic) bond motifs is 3. The largest absolute Gasteiger partial charge is 0.444 e. The van der Waals surface area contributed by atoms with Gasteiger partial charge < -0.3 is 14.6 Å². The van der Waals surface area contributed by atoms with E-state index in [4.69, 9.17) is 4.74 Å². The van der Waals surface area contributed by atoms with Gasteiger partial charge in [0.2, 0.25) is 0 Å². The standard InChI is InChI=1S/C16H21BN2O2/c1-16(2,3)21-15(20)19-7-6-12-11-5-4-10(17)8-13(11)18-14(12)9-19/h4-5,8,18H,6-7,9,17H2,1-3H3. The van der Waals surface area contributed by atoms with Crippen LogP contribution in [0.4, 0.5) is 4.79 Å². The van der Waals surface area contributed by atoms with E-state index in [1.807, 2.05) is 20.8 Å². The number of carbonyl (C=O) groups is 1. The molecule has 2 aromatic rings. The molecule has 1 aromatic carbocycles. The lowest BCUT2D eigenvalue weighted by molar-refractivity contribution is 0.0222. The number of aromatic nitrogens is 1. The first-order chi connectivity index (χ1) is 9.83. The number of amides is 1. The summed E-state index contributed by atoms with van der Waals surface area (Å²) in [4.78, 5) is 17.4. The van der Waals surface area contributed by atoms with Crippen molar-refractivity contribution in [1.82, 2.24) is 9.88 Å². The summed E-state index contributed by atoms with van der Waals surface area (Å²) in [7, 11) is 2.09. The summed E-state index contributed by atoms with van der Waals surface area (Å²) in [5.74, 6) is 0. The molecule has 1 aliphatic rings. The van der Waals surface area contributed by atoms with E-state index in [-0.39, 0.29) is 6.09 Å². The van der Waals surface area contributed by atoms with Crippen molar-refractivity contribution in [2.45, 2.75) is 39.3 Å². The Morgan fingerprint density at radius 2 is 2.14 bits per heavy atom. The van der Waals surface area contributed by atoms with Gasteiger partial charge in [-0.05, 0) is 38.8 Å². The number of carbonyl (C=O) groups excluding carboxylic acids is 1. The lowest BCUT2D eigenvalue weighted by Crippen LogP contribution is -2.39. The first-order valence-electron chi connectivity index (χ1n) is 7.41. The monoisotopic (exact) mass is 284 g/mol. The Kier molecular flexibility index (Phi) is 3.23. The van der Waals surface area contributed by atoms with Crippen molar-refractivity contribution in [2.24, 2.45) is 0 Å². The van der Waals surface area contributed by atoms with Crippen molar-refractivity contribution in [3.63, 3.8) is 0 Å². The molecule has 1 aliphatic heterocycles. The molecule has 0 fully saturated rings. The molecule has 3 rings (SSSR count). The maximum absolute atomic E-state index is 12.2. The number of nitrogens with one attached hydrogen (secondary N) is 1. The second-order valence-corrected chi connectivity index (χ2v) is 6.78. The van der Waals surface area contributed by atoms with Gasteiger partial charge in [0.1, 0.15) is 13.4 Å². The van der Waals surface area contributed by atoms with Crippen LogP contribution < -0.4 is 5.46 Å². The smallest absolute Gasteiger partial charge is 0.410 e. The highest BCUT2D eigenvalue weighted by molar-refractivity contribution is 6.33. The molecule has 0 unspecified atom stereocenters. The minimum absolute atomic E-state index is 0.233. The van der Waals surface area contributed by atoms with Gasteiger partial charge in [0, 0.05) is 23.1 Å². The van der Waals surface area contributed by atoms with E-state index < -0.39 is 5.60 Å². The number of H-pyrrole nitrogens is 1. The van der Waals surface area contributed by atoms with Crippen LogP contribution in [-0.2, 0) is 17.7 Å². The fraction of sp³-hybridized carbons (Fsp3) is 0.438. The topological polar surface area (TPSA) is 45.3 Å². The Hall–Kier alpha value is -1.91. The zero-order valence-corrected chi connectivity index (χ0v) is 13.1. The Morgan fingerprint density at radius 1 is 1.38 bits per heavy atom. The van der Waals surface area contributed by atoms with Crippen LogP contribution >= 0.6 is 0 Å². The van der Waals surface area contributed by atoms with Crippen molar-refractivity contribution in [3.8, 4) is 0 Å². The van der Waals surface area contributed by atoms with Gasteiger partial charge >= 0.3 is 6.09 Å². The molecule has 110 valence electrons. The number of ether oxygens (including phenoxy) is 1. The first-order valence-corrected chi connectivity index (χ1v) is 7.41. The Morgan fingerprint density at radius 3 is 2.86 bits per heavy atom. The van der Waals surface area contributed by atoms with Gasteiger partial charge in [-0.25, -0.2) is 4.79 Å². The van der Waals surface area contributed by atoms with E-state index in [9.17, 15) is 4.79 Å². The minimum atomic E-state index is -0.449. The van der Waals surface area contributed by atoms with Crippen LogP contribution in [0.1, 0.15) is 32.0 Å². The van der Waals surface area contributed by atoms with Crippen LogP contribution in [0, 0.1) is 0 Å². The van der Waals surface area contributed by atoms with E-state index in [1.54, 1.807) is 4.90 Å². The highest BCUT2D eigenvalue weighted by Crippen LogP contribution is 2.27. The Balaban J connectivity index is 1.86. The van der Waals surface area contributed by atoms with Gasteiger partial charge in [-0.15, -0.1) is 0 Å². The van der Waals surface area contributed by atoms with Crippen LogP contribution in [0.15, 0.2) is 18.2 Å². The molecule has 0 spiro atoms. The van der Waals surface area contributed by atoms with Crippen molar-refractivity contribution in [3.05, 3.63) is 29.5 Å². The Bertz CT molecular complexity index is 700. The molecule has 5 heteroatoms. The lowest BCUT2D eigenvalue weighted by atomic mass is 9.94. The van der Waals surface area contributed by atoms with Gasteiger partial charge in [-0.3, -0.25) is 0 Å². The maximum atomic E-state index is 12.2. The van der Waals surface area contributed by atoms with Crippen LogP contribution in [0.25, 0.3) is 10.9 Å². The zero-order chi connectivity index (χ0) is 15.2. The average Bonchev–Trinajstić information content (AvgIpc) is 2.72. The third kappa shape index (κ3) is 2.78. The van der Waals surface area contributed by atoms with Crippen LogP contribution in [0.5, 0.6) is 0 Å². The summed E-state index contributed by atoms with van der Waals surface area (Å²) in [6, 6.07) is 6.46. The number of aromatic amines is 1. The van der Waals surface area contributed by atoms with E-state index in [2.05, 4.69) is 31.0 Å². The van der Waals surface area contributed by atoms with Gasteiger partial charge in [0.05, 0.1) is 6.54 Å². The summed E-state index contributed by atoms with van der Waals surface area (Å²) in [5.41, 5.74) is 4.42. The van der Waals surface area contributed by atoms with Crippen LogP contribution in [0.2, 0.25) is 0 Å². The molecular weight excluding hydrogens is 263 g/mol. The molecule has 1 amide bonds. The predicted molar refractivity (Wildman–Crippen MR) is 86.8 cm³/mol. The van der Waals surface area contributed by atoms with Gasteiger partial charge in [0.25, 0.3) is 0 Å². The van der Waals surface area contributed by atoms with Crippen molar-refractivity contribution >= 4 is 30.3 Å². The van der Waals surface area contributed by atoms with Gasteiger partial charge in [-0.2, -0.15) is 0 Å². The fourth-order valence-electron chi connectivity index (χ4n) is 2.84. The van der Waals surface area contributed by atoms with E-state index in [0.717, 1.165) is 17.6 Å². The lowest BCUT2D eigenvalue weighted by Gasteiger charge is -2.30. The highest BCUT2D eigenvalue weighted by atomic mass is 16.6. The average molecular weight is 284 g/mol. The first kappa shape index (κ1) is 14.0. The number of nitrogens with zero attached hydrogens (tertiary/aromatic N) is 1. The number of benzene rings is 1. The molecule has 0 bridgehead atoms. The van der Waals surface area contributed by atoms with Gasteiger partial charge in [0.15, 0.2) is 0 Å². The third-order valence-corrected chi connectivity index (χ3v) is 3.78. The molecule has 0 saturated heterocycles. The third-order valence-electron chi connectivity index (χ3n) is 3.78. The van der Waals surface area contributed by atoms with E-state index >= 15 is 0 Å². The van der Waals surface area contributed by atoms with E-state index in [0.29, 0.717) is 13.1 Å². The summed E-state index contributed by atoms with van der Waals surface area (Å²) < 4.78 is 5.46. The molecule has 21 heavy (non-hydrogen) atoms. The molecule has 0 aliphatic carbocycles. The van der Waals surface area contributed by atoms with Crippen molar-refractivity contribution < 1.29 is 9.53 Å².